The van der Waals surface area contributed by atoms with Crippen molar-refractivity contribution in [2.45, 2.75) is 13.8 Å². The molecule has 0 aliphatic carbocycles. The topological polar surface area (TPSA) is 12.9 Å². The van der Waals surface area contributed by atoms with Crippen molar-refractivity contribution in [3.8, 4) is 0 Å². The van der Waals surface area contributed by atoms with Crippen LogP contribution in [-0.4, -0.2) is 10.3 Å². The highest BCUT2D eigenvalue weighted by Gasteiger charge is 2.06. The molecule has 1 rings (SSSR count). The Morgan fingerprint density at radius 3 is 2.27 bits per heavy atom. The molecule has 1 aromatic rings. The van der Waals surface area contributed by atoms with Gasteiger partial charge in [-0.05, 0) is 37.8 Å². The number of hydrogen-bond donors (Lipinski definition) is 0. The van der Waals surface area contributed by atoms with Crippen LogP contribution in [0.1, 0.15) is 19.4 Å². The van der Waals surface area contributed by atoms with Crippen LogP contribution in [0.3, 0.4) is 0 Å². The summed E-state index contributed by atoms with van der Waals surface area (Å²) in [6, 6.07) is 0. The minimum Gasteiger partial charge on any atom is -0.262 e. The van der Waals surface area contributed by atoms with Crippen LogP contribution in [0, 0.1) is 5.92 Å². The van der Waals surface area contributed by atoms with Crippen LogP contribution in [0.5, 0.6) is 0 Å². The summed E-state index contributed by atoms with van der Waals surface area (Å²) in [5.41, 5.74) is 2.51. The van der Waals surface area contributed by atoms with E-state index < -0.39 is 0 Å². The van der Waals surface area contributed by atoms with Crippen LogP contribution in [-0.2, 0) is 0 Å². The maximum Gasteiger partial charge on any atom is 0.0442 e. The van der Waals surface area contributed by atoms with Gasteiger partial charge in [0, 0.05) is 32.2 Å². The first-order chi connectivity index (χ1) is 7.06. The Labute approximate surface area is 116 Å². The summed E-state index contributed by atoms with van der Waals surface area (Å²) in [7, 11) is 0. The molecule has 0 saturated carbocycles. The molecule has 0 amide bonds. The van der Waals surface area contributed by atoms with Gasteiger partial charge in [-0.15, -0.1) is 0 Å². The first-order valence-corrected chi connectivity index (χ1v) is 7.32. The van der Waals surface area contributed by atoms with Crippen LogP contribution in [0.4, 0.5) is 0 Å². The lowest BCUT2D eigenvalue weighted by Crippen LogP contribution is -1.95. The van der Waals surface area contributed by atoms with Gasteiger partial charge in [0.15, 0.2) is 0 Å². The molecule has 0 bridgehead atoms. The van der Waals surface area contributed by atoms with Crippen molar-refractivity contribution in [3.63, 3.8) is 0 Å². The molecule has 1 heterocycles. The van der Waals surface area contributed by atoms with E-state index in [1.165, 1.54) is 5.57 Å². The largest absolute Gasteiger partial charge is 0.262 e. The Balaban J connectivity index is 3.16. The van der Waals surface area contributed by atoms with E-state index in [-0.39, 0.29) is 0 Å². The number of nitrogens with zero attached hydrogens (tertiary/aromatic N) is 1. The molecular formula is C11H12Br3N. The SMILES string of the molecule is CC(C)/C(=C/c1c(Br)cncc1Br)CBr. The molecule has 1 aromatic heterocycles. The molecule has 0 aliphatic heterocycles. The number of halogens is 3. The number of allylic oxidation sites excluding steroid dienone is 1. The van der Waals surface area contributed by atoms with Gasteiger partial charge in [0.25, 0.3) is 0 Å². The fraction of sp³-hybridized carbons (Fsp3) is 0.364. The van der Waals surface area contributed by atoms with Gasteiger partial charge in [-0.1, -0.05) is 41.4 Å². The molecule has 82 valence electrons. The van der Waals surface area contributed by atoms with Crippen molar-refractivity contribution < 1.29 is 0 Å². The lowest BCUT2D eigenvalue weighted by atomic mass is 10.0. The molecule has 0 radical (unpaired) electrons. The zero-order valence-corrected chi connectivity index (χ0v) is 13.4. The zero-order chi connectivity index (χ0) is 11.4. The van der Waals surface area contributed by atoms with Crippen molar-refractivity contribution in [1.82, 2.24) is 4.98 Å². The fourth-order valence-corrected chi connectivity index (χ4v) is 3.07. The third-order valence-corrected chi connectivity index (χ3v) is 4.03. The van der Waals surface area contributed by atoms with E-state index >= 15 is 0 Å². The van der Waals surface area contributed by atoms with Gasteiger partial charge in [-0.2, -0.15) is 0 Å². The summed E-state index contributed by atoms with van der Waals surface area (Å²) in [5, 5.41) is 0.895. The van der Waals surface area contributed by atoms with Gasteiger partial charge in [-0.3, -0.25) is 4.98 Å². The summed E-state index contributed by atoms with van der Waals surface area (Å²) >= 11 is 10.5. The van der Waals surface area contributed by atoms with Crippen LogP contribution >= 0.6 is 47.8 Å². The smallest absolute Gasteiger partial charge is 0.0442 e. The Kier molecular flexibility index (Phi) is 5.50. The zero-order valence-electron chi connectivity index (χ0n) is 8.60. The van der Waals surface area contributed by atoms with Gasteiger partial charge in [0.05, 0.1) is 0 Å². The molecule has 0 spiro atoms. The van der Waals surface area contributed by atoms with Gasteiger partial charge in [-0.25, -0.2) is 0 Å². The first-order valence-electron chi connectivity index (χ1n) is 4.61. The van der Waals surface area contributed by atoms with Crippen molar-refractivity contribution in [2.75, 3.05) is 5.33 Å². The third-order valence-electron chi connectivity index (χ3n) is 2.12. The van der Waals surface area contributed by atoms with E-state index in [1.807, 2.05) is 12.4 Å². The second-order valence-corrected chi connectivity index (χ2v) is 5.79. The maximum atomic E-state index is 4.09. The van der Waals surface area contributed by atoms with Crippen LogP contribution in [0.25, 0.3) is 6.08 Å². The molecule has 15 heavy (non-hydrogen) atoms. The second-order valence-electron chi connectivity index (χ2n) is 3.52. The first kappa shape index (κ1) is 13.4. The molecule has 0 N–H and O–H groups in total. The molecule has 0 atom stereocenters. The van der Waals surface area contributed by atoms with E-state index in [0.717, 1.165) is 19.8 Å². The maximum absolute atomic E-state index is 4.09. The van der Waals surface area contributed by atoms with E-state index in [2.05, 4.69) is 72.7 Å². The minimum atomic E-state index is 0.538. The Bertz CT molecular complexity index is 352. The van der Waals surface area contributed by atoms with Crippen LogP contribution in [0.2, 0.25) is 0 Å². The Morgan fingerprint density at radius 2 is 1.87 bits per heavy atom. The van der Waals surface area contributed by atoms with Crippen molar-refractivity contribution in [2.24, 2.45) is 5.92 Å². The number of rotatable bonds is 3. The third kappa shape index (κ3) is 3.68. The molecule has 0 unspecified atom stereocenters. The van der Waals surface area contributed by atoms with E-state index in [1.54, 1.807) is 0 Å². The Hall–Kier alpha value is 0.330. The summed E-state index contributed by atoms with van der Waals surface area (Å²) in [6.07, 6.45) is 5.81. The van der Waals surface area contributed by atoms with Crippen molar-refractivity contribution >= 4 is 53.9 Å². The van der Waals surface area contributed by atoms with Crippen LogP contribution < -0.4 is 0 Å². The van der Waals surface area contributed by atoms with E-state index in [9.17, 15) is 0 Å². The number of hydrogen-bond acceptors (Lipinski definition) is 1. The molecule has 0 saturated heterocycles. The number of alkyl halides is 1. The van der Waals surface area contributed by atoms with Gasteiger partial charge < -0.3 is 0 Å². The normalized spacial score (nSPS) is 12.3. The highest BCUT2D eigenvalue weighted by Crippen LogP contribution is 2.28. The molecule has 4 heteroatoms. The van der Waals surface area contributed by atoms with E-state index in [0.29, 0.717) is 5.92 Å². The molecule has 0 aromatic carbocycles. The molecule has 0 aliphatic rings. The highest BCUT2D eigenvalue weighted by atomic mass is 79.9. The monoisotopic (exact) mass is 395 g/mol. The average Bonchev–Trinajstić information content (AvgIpc) is 2.17. The van der Waals surface area contributed by atoms with E-state index in [4.69, 9.17) is 0 Å². The standard InChI is InChI=1S/C11H12Br3N/c1-7(2)8(4-12)3-9-10(13)5-15-6-11(9)14/h3,5-7H,4H2,1-2H3/b8-3+. The summed E-state index contributed by atoms with van der Waals surface area (Å²) in [6.45, 7) is 4.38. The van der Waals surface area contributed by atoms with Crippen molar-refractivity contribution in [3.05, 3.63) is 32.5 Å². The second kappa shape index (κ2) is 6.16. The lowest BCUT2D eigenvalue weighted by molar-refractivity contribution is 0.780. The molecule has 0 fully saturated rings. The van der Waals surface area contributed by atoms with Crippen LogP contribution in [0.15, 0.2) is 26.9 Å². The number of aromatic nitrogens is 1. The Morgan fingerprint density at radius 1 is 1.33 bits per heavy atom. The minimum absolute atomic E-state index is 0.538. The summed E-state index contributed by atoms with van der Waals surface area (Å²) in [4.78, 5) is 4.09. The van der Waals surface area contributed by atoms with Crippen molar-refractivity contribution in [1.29, 1.82) is 0 Å². The molecule has 1 nitrogen and oxygen atoms in total. The van der Waals surface area contributed by atoms with Gasteiger partial charge in [0.2, 0.25) is 0 Å². The highest BCUT2D eigenvalue weighted by molar-refractivity contribution is 9.11. The molecular weight excluding hydrogens is 386 g/mol. The fourth-order valence-electron chi connectivity index (χ4n) is 1.10. The summed E-state index contributed by atoms with van der Waals surface area (Å²) < 4.78 is 2.02. The lowest BCUT2D eigenvalue weighted by Gasteiger charge is -2.09. The van der Waals surface area contributed by atoms with Gasteiger partial charge >= 0.3 is 0 Å². The predicted octanol–water partition coefficient (Wildman–Crippen LogP) is 5.04. The predicted molar refractivity (Wildman–Crippen MR) is 76.2 cm³/mol. The average molecular weight is 398 g/mol. The number of pyridine rings is 1. The summed E-state index contributed by atoms with van der Waals surface area (Å²) in [5.74, 6) is 0.538. The quantitative estimate of drug-likeness (QED) is 0.651. The van der Waals surface area contributed by atoms with Gasteiger partial charge in [0.1, 0.15) is 0 Å².